The Morgan fingerprint density at radius 2 is 2.05 bits per heavy atom. The fraction of sp³-hybridized carbons (Fsp3) is 0.200. The molecular weight excluding hydrogens is 279 g/mol. The minimum atomic E-state index is -0.511. The van der Waals surface area contributed by atoms with Crippen LogP contribution >= 0.6 is 11.6 Å². The van der Waals surface area contributed by atoms with Crippen molar-refractivity contribution in [3.63, 3.8) is 0 Å². The number of hydrogen-bond acceptors (Lipinski definition) is 3. The molecule has 20 heavy (non-hydrogen) atoms. The van der Waals surface area contributed by atoms with Crippen LogP contribution in [0.25, 0.3) is 0 Å². The zero-order chi connectivity index (χ0) is 14.7. The topological polar surface area (TPSA) is 38.5 Å². The normalized spacial score (nSPS) is 10.4. The first-order chi connectivity index (χ1) is 9.51. The van der Waals surface area contributed by atoms with Crippen molar-refractivity contribution in [3.05, 3.63) is 52.8 Å². The molecule has 0 bridgehead atoms. The van der Waals surface area contributed by atoms with Crippen molar-refractivity contribution in [1.82, 2.24) is 0 Å². The Hall–Kier alpha value is -1.94. The third-order valence-corrected chi connectivity index (χ3v) is 3.32. The average molecular weight is 295 g/mol. The Bertz CT molecular complexity index is 619. The first kappa shape index (κ1) is 14.5. The van der Waals surface area contributed by atoms with E-state index in [1.807, 2.05) is 36.2 Å². The Morgan fingerprint density at radius 1 is 1.30 bits per heavy atom. The molecule has 0 fully saturated rings. The Morgan fingerprint density at radius 3 is 2.75 bits per heavy atom. The highest BCUT2D eigenvalue weighted by Gasteiger charge is 2.11. The standard InChI is InChI=1S/C15H16ClFN2O/c1-19(9-10-4-3-5-11(6-10)20-2)15-7-12(16)13(17)8-14(15)18/h3-8H,9,18H2,1-2H3. The smallest absolute Gasteiger partial charge is 0.143 e. The van der Waals surface area contributed by atoms with Crippen LogP contribution in [0.3, 0.4) is 0 Å². The molecule has 5 heteroatoms. The lowest BCUT2D eigenvalue weighted by molar-refractivity contribution is 0.414. The van der Waals surface area contributed by atoms with Gasteiger partial charge < -0.3 is 15.4 Å². The van der Waals surface area contributed by atoms with E-state index >= 15 is 0 Å². The van der Waals surface area contributed by atoms with Crippen LogP contribution in [-0.2, 0) is 6.54 Å². The number of nitrogen functional groups attached to an aromatic ring is 1. The Labute approximate surface area is 122 Å². The van der Waals surface area contributed by atoms with E-state index < -0.39 is 5.82 Å². The fourth-order valence-corrected chi connectivity index (χ4v) is 2.17. The van der Waals surface area contributed by atoms with Gasteiger partial charge in [-0.2, -0.15) is 0 Å². The summed E-state index contributed by atoms with van der Waals surface area (Å²) in [4.78, 5) is 1.91. The molecule has 2 N–H and O–H groups in total. The zero-order valence-corrected chi connectivity index (χ0v) is 12.1. The van der Waals surface area contributed by atoms with Crippen LogP contribution in [-0.4, -0.2) is 14.2 Å². The van der Waals surface area contributed by atoms with Gasteiger partial charge in [-0.25, -0.2) is 4.39 Å². The van der Waals surface area contributed by atoms with E-state index in [2.05, 4.69) is 0 Å². The van der Waals surface area contributed by atoms with E-state index in [0.29, 0.717) is 17.9 Å². The van der Waals surface area contributed by atoms with Gasteiger partial charge in [-0.05, 0) is 23.8 Å². The molecule has 3 nitrogen and oxygen atoms in total. The van der Waals surface area contributed by atoms with Gasteiger partial charge in [0.05, 0.1) is 23.5 Å². The van der Waals surface area contributed by atoms with Crippen molar-refractivity contribution >= 4 is 23.0 Å². The van der Waals surface area contributed by atoms with E-state index in [1.165, 1.54) is 12.1 Å². The molecule has 106 valence electrons. The summed E-state index contributed by atoms with van der Waals surface area (Å²) in [6.07, 6.45) is 0. The summed E-state index contributed by atoms with van der Waals surface area (Å²) in [5, 5.41) is 0.0618. The monoisotopic (exact) mass is 294 g/mol. The summed E-state index contributed by atoms with van der Waals surface area (Å²) in [5.41, 5.74) is 7.95. The second-order valence-electron chi connectivity index (χ2n) is 4.53. The van der Waals surface area contributed by atoms with Gasteiger partial charge in [0.15, 0.2) is 0 Å². The molecule has 0 saturated heterocycles. The maximum absolute atomic E-state index is 13.3. The quantitative estimate of drug-likeness (QED) is 0.874. The molecule has 0 unspecified atom stereocenters. The molecule has 0 aliphatic carbocycles. The lowest BCUT2D eigenvalue weighted by Gasteiger charge is -2.22. The predicted molar refractivity (Wildman–Crippen MR) is 80.9 cm³/mol. The largest absolute Gasteiger partial charge is 0.497 e. The molecule has 0 atom stereocenters. The van der Waals surface area contributed by atoms with Crippen LogP contribution in [0.5, 0.6) is 5.75 Å². The molecular formula is C15H16ClFN2O. The SMILES string of the molecule is COc1cccc(CN(C)c2cc(Cl)c(F)cc2N)c1. The van der Waals surface area contributed by atoms with Gasteiger partial charge >= 0.3 is 0 Å². The number of rotatable bonds is 4. The van der Waals surface area contributed by atoms with E-state index in [1.54, 1.807) is 7.11 Å². The van der Waals surface area contributed by atoms with E-state index in [9.17, 15) is 4.39 Å². The lowest BCUT2D eigenvalue weighted by atomic mass is 10.2. The number of methoxy groups -OCH3 is 1. The molecule has 0 saturated carbocycles. The summed E-state index contributed by atoms with van der Waals surface area (Å²) >= 11 is 5.80. The highest BCUT2D eigenvalue weighted by molar-refractivity contribution is 6.31. The van der Waals surface area contributed by atoms with Gasteiger partial charge in [-0.1, -0.05) is 23.7 Å². The highest BCUT2D eigenvalue weighted by atomic mass is 35.5. The summed E-state index contributed by atoms with van der Waals surface area (Å²) in [5.74, 6) is 0.281. The second-order valence-corrected chi connectivity index (χ2v) is 4.94. The number of halogens is 2. The molecule has 2 aromatic carbocycles. The first-order valence-corrected chi connectivity index (χ1v) is 6.47. The van der Waals surface area contributed by atoms with Gasteiger partial charge in [0.2, 0.25) is 0 Å². The summed E-state index contributed by atoms with van der Waals surface area (Å²) in [6, 6.07) is 10.5. The van der Waals surface area contributed by atoms with Crippen LogP contribution in [0.2, 0.25) is 5.02 Å². The number of anilines is 2. The highest BCUT2D eigenvalue weighted by Crippen LogP contribution is 2.29. The van der Waals surface area contributed by atoms with Crippen molar-refractivity contribution in [2.45, 2.75) is 6.54 Å². The molecule has 0 radical (unpaired) electrons. The summed E-state index contributed by atoms with van der Waals surface area (Å²) in [7, 11) is 3.50. The minimum absolute atomic E-state index is 0.0618. The number of nitrogens with two attached hydrogens (primary N) is 1. The number of benzene rings is 2. The minimum Gasteiger partial charge on any atom is -0.497 e. The van der Waals surface area contributed by atoms with Crippen molar-refractivity contribution in [1.29, 1.82) is 0 Å². The molecule has 0 aliphatic rings. The van der Waals surface area contributed by atoms with Gasteiger partial charge in [0, 0.05) is 19.7 Å². The van der Waals surface area contributed by atoms with Crippen LogP contribution < -0.4 is 15.4 Å². The van der Waals surface area contributed by atoms with Crippen LogP contribution in [0.4, 0.5) is 15.8 Å². The average Bonchev–Trinajstić information content (AvgIpc) is 2.43. The van der Waals surface area contributed by atoms with E-state index in [4.69, 9.17) is 22.1 Å². The molecule has 0 aromatic heterocycles. The van der Waals surface area contributed by atoms with Crippen molar-refractivity contribution in [2.24, 2.45) is 0 Å². The van der Waals surface area contributed by atoms with Crippen molar-refractivity contribution in [2.75, 3.05) is 24.8 Å². The lowest BCUT2D eigenvalue weighted by Crippen LogP contribution is -2.18. The second kappa shape index (κ2) is 6.01. The van der Waals surface area contributed by atoms with Crippen molar-refractivity contribution in [3.8, 4) is 5.75 Å². The van der Waals surface area contributed by atoms with Crippen LogP contribution in [0.15, 0.2) is 36.4 Å². The first-order valence-electron chi connectivity index (χ1n) is 6.10. The molecule has 2 rings (SSSR count). The molecule has 0 spiro atoms. The van der Waals surface area contributed by atoms with E-state index in [0.717, 1.165) is 11.3 Å². The van der Waals surface area contributed by atoms with Crippen molar-refractivity contribution < 1.29 is 9.13 Å². The predicted octanol–water partition coefficient (Wildman–Crippen LogP) is 3.71. The third kappa shape index (κ3) is 3.14. The molecule has 0 aliphatic heterocycles. The van der Waals surface area contributed by atoms with Gasteiger partial charge in [-0.15, -0.1) is 0 Å². The zero-order valence-electron chi connectivity index (χ0n) is 11.4. The summed E-state index contributed by atoms with van der Waals surface area (Å²) in [6.45, 7) is 0.614. The maximum atomic E-state index is 13.3. The molecule has 0 heterocycles. The Kier molecular flexibility index (Phi) is 4.35. The van der Waals surface area contributed by atoms with Crippen LogP contribution in [0.1, 0.15) is 5.56 Å². The Balaban J connectivity index is 2.23. The maximum Gasteiger partial charge on any atom is 0.143 e. The summed E-state index contributed by atoms with van der Waals surface area (Å²) < 4.78 is 18.5. The number of nitrogens with zero attached hydrogens (tertiary/aromatic N) is 1. The third-order valence-electron chi connectivity index (χ3n) is 3.03. The number of ether oxygens (including phenoxy) is 1. The van der Waals surface area contributed by atoms with E-state index in [-0.39, 0.29) is 5.02 Å². The van der Waals surface area contributed by atoms with Gasteiger partial charge in [0.1, 0.15) is 11.6 Å². The van der Waals surface area contributed by atoms with Gasteiger partial charge in [-0.3, -0.25) is 0 Å². The van der Waals surface area contributed by atoms with Crippen LogP contribution in [0, 0.1) is 5.82 Å². The fourth-order valence-electron chi connectivity index (χ4n) is 2.01. The molecule has 0 amide bonds. The molecule has 2 aromatic rings. The van der Waals surface area contributed by atoms with Gasteiger partial charge in [0.25, 0.3) is 0 Å². The number of hydrogen-bond donors (Lipinski definition) is 1.